The van der Waals surface area contributed by atoms with Gasteiger partial charge in [-0.15, -0.1) is 0 Å². The van der Waals surface area contributed by atoms with Crippen molar-refractivity contribution in [3.63, 3.8) is 0 Å². The summed E-state index contributed by atoms with van der Waals surface area (Å²) in [6.07, 6.45) is -1.00. The van der Waals surface area contributed by atoms with E-state index in [0.717, 1.165) is 37.6 Å². The molecule has 4 aliphatic rings. The second-order valence-corrected chi connectivity index (χ2v) is 8.93. The Labute approximate surface area is 181 Å². The number of nitrogens with one attached hydrogen (secondary N) is 2. The standard InChI is InChI=1S/C20H23F3N6O3/c21-20(22,23)11-5-24-19-26-16-15(9-1-2-9)28-29(13-7-31-8-14(13)30)18(16)32-6-10-3-4-12(10)25-17(11)27-19/h5,9-10,12-14,30H,1-4,6-8H2,(H2,24,25,26,27)/t10?,12?,13?,14-/m1/s1. The third-order valence-electron chi connectivity index (χ3n) is 6.70. The van der Waals surface area contributed by atoms with E-state index in [1.807, 2.05) is 0 Å². The van der Waals surface area contributed by atoms with Crippen LogP contribution in [0, 0.1) is 5.92 Å². The molecule has 32 heavy (non-hydrogen) atoms. The molecule has 3 unspecified atom stereocenters. The van der Waals surface area contributed by atoms with Crippen LogP contribution < -0.4 is 15.4 Å². The molecular formula is C20H23F3N6O3. The highest BCUT2D eigenvalue weighted by Crippen LogP contribution is 2.48. The van der Waals surface area contributed by atoms with Gasteiger partial charge >= 0.3 is 6.18 Å². The highest BCUT2D eigenvalue weighted by Gasteiger charge is 2.41. The molecule has 12 heteroatoms. The number of hydrogen-bond donors (Lipinski definition) is 3. The molecule has 2 aliphatic carbocycles. The number of rotatable bonds is 2. The zero-order valence-electron chi connectivity index (χ0n) is 17.1. The summed E-state index contributed by atoms with van der Waals surface area (Å²) in [6.45, 7) is 0.833. The van der Waals surface area contributed by atoms with Crippen molar-refractivity contribution in [1.82, 2.24) is 19.7 Å². The number of nitrogens with zero attached hydrogens (tertiary/aromatic N) is 4. The van der Waals surface area contributed by atoms with Gasteiger partial charge in [-0.2, -0.15) is 23.3 Å². The highest BCUT2D eigenvalue weighted by atomic mass is 19.4. The lowest BCUT2D eigenvalue weighted by Gasteiger charge is -2.37. The third kappa shape index (κ3) is 3.36. The lowest BCUT2D eigenvalue weighted by atomic mass is 9.80. The minimum Gasteiger partial charge on any atom is -0.476 e. The van der Waals surface area contributed by atoms with E-state index in [9.17, 15) is 18.3 Å². The van der Waals surface area contributed by atoms with Crippen LogP contribution in [0.3, 0.4) is 0 Å². The SMILES string of the molecule is O[C@@H]1COCC1n1nc(C2CC2)c2c1OCC1CCC1Nc1nc(ncc1C(F)(F)F)N2. The highest BCUT2D eigenvalue weighted by molar-refractivity contribution is 5.66. The average Bonchev–Trinajstić information content (AvgIpc) is 3.40. The summed E-state index contributed by atoms with van der Waals surface area (Å²) in [7, 11) is 0. The molecule has 9 nitrogen and oxygen atoms in total. The molecule has 0 spiro atoms. The van der Waals surface area contributed by atoms with E-state index in [4.69, 9.17) is 14.6 Å². The van der Waals surface area contributed by atoms with Crippen molar-refractivity contribution in [3.05, 3.63) is 17.5 Å². The number of aromatic nitrogens is 4. The van der Waals surface area contributed by atoms with Gasteiger partial charge in [-0.1, -0.05) is 0 Å². The summed E-state index contributed by atoms with van der Waals surface area (Å²) in [5.74, 6) is 0.493. The molecule has 172 valence electrons. The maximum Gasteiger partial charge on any atom is 0.421 e. The van der Waals surface area contributed by atoms with Gasteiger partial charge in [0.15, 0.2) is 0 Å². The van der Waals surface area contributed by atoms with Crippen LogP contribution in [0.25, 0.3) is 0 Å². The first-order valence-electron chi connectivity index (χ1n) is 10.9. The number of aliphatic hydroxyl groups is 1. The Kier molecular flexibility index (Phi) is 4.51. The van der Waals surface area contributed by atoms with Crippen molar-refractivity contribution >= 4 is 17.5 Å². The minimum atomic E-state index is -4.56. The van der Waals surface area contributed by atoms with E-state index in [-0.39, 0.29) is 36.3 Å². The molecule has 6 rings (SSSR count). The molecule has 2 aliphatic heterocycles. The second kappa shape index (κ2) is 7.20. The monoisotopic (exact) mass is 452 g/mol. The maximum absolute atomic E-state index is 13.5. The third-order valence-corrected chi connectivity index (χ3v) is 6.70. The van der Waals surface area contributed by atoms with E-state index >= 15 is 0 Å². The largest absolute Gasteiger partial charge is 0.476 e. The van der Waals surface area contributed by atoms with Crippen LogP contribution in [0.15, 0.2) is 6.20 Å². The smallest absolute Gasteiger partial charge is 0.421 e. The maximum atomic E-state index is 13.5. The van der Waals surface area contributed by atoms with E-state index in [1.54, 1.807) is 4.68 Å². The minimum absolute atomic E-state index is 0.0259. The predicted molar refractivity (Wildman–Crippen MR) is 106 cm³/mol. The summed E-state index contributed by atoms with van der Waals surface area (Å²) in [5, 5.41) is 21.2. The topological polar surface area (TPSA) is 106 Å². The van der Waals surface area contributed by atoms with Crippen LogP contribution in [0.2, 0.25) is 0 Å². The fraction of sp³-hybridized carbons (Fsp3) is 0.650. The number of alkyl halides is 3. The molecule has 2 bridgehead atoms. The van der Waals surface area contributed by atoms with Crippen LogP contribution in [0.5, 0.6) is 5.88 Å². The number of anilines is 3. The number of ether oxygens (including phenoxy) is 2. The van der Waals surface area contributed by atoms with Crippen LogP contribution in [-0.4, -0.2) is 56.8 Å². The van der Waals surface area contributed by atoms with Crippen LogP contribution in [-0.2, 0) is 10.9 Å². The first-order valence-corrected chi connectivity index (χ1v) is 10.9. The second-order valence-electron chi connectivity index (χ2n) is 8.93. The zero-order chi connectivity index (χ0) is 22.0. The molecule has 3 N–H and O–H groups in total. The quantitative estimate of drug-likeness (QED) is 0.639. The van der Waals surface area contributed by atoms with E-state index in [0.29, 0.717) is 24.8 Å². The first-order chi connectivity index (χ1) is 15.4. The normalized spacial score (nSPS) is 29.5. The fourth-order valence-electron chi connectivity index (χ4n) is 4.52. The van der Waals surface area contributed by atoms with Gasteiger partial charge in [0.25, 0.3) is 0 Å². The average molecular weight is 452 g/mol. The lowest BCUT2D eigenvalue weighted by Crippen LogP contribution is -2.42. The van der Waals surface area contributed by atoms with Crippen molar-refractivity contribution in [2.75, 3.05) is 30.5 Å². The van der Waals surface area contributed by atoms with Gasteiger partial charge in [0, 0.05) is 24.1 Å². The Balaban J connectivity index is 1.46. The summed E-state index contributed by atoms with van der Waals surface area (Å²) in [6, 6.07) is -0.581. The van der Waals surface area contributed by atoms with E-state index < -0.39 is 23.9 Å². The van der Waals surface area contributed by atoms with Crippen molar-refractivity contribution < 1.29 is 27.8 Å². The van der Waals surface area contributed by atoms with Crippen molar-refractivity contribution in [1.29, 1.82) is 0 Å². The molecule has 2 aromatic heterocycles. The van der Waals surface area contributed by atoms with Crippen LogP contribution in [0.4, 0.5) is 30.6 Å². The van der Waals surface area contributed by atoms with Gasteiger partial charge in [0.05, 0.1) is 25.5 Å². The van der Waals surface area contributed by atoms with Gasteiger partial charge in [-0.05, 0) is 25.7 Å². The Bertz CT molecular complexity index is 1040. The number of fused-ring (bicyclic) bond motifs is 4. The van der Waals surface area contributed by atoms with E-state index in [2.05, 4.69) is 20.6 Å². The Hall–Kier alpha value is -2.60. The summed E-state index contributed by atoms with van der Waals surface area (Å²) in [4.78, 5) is 8.12. The number of aliphatic hydroxyl groups excluding tert-OH is 1. The lowest BCUT2D eigenvalue weighted by molar-refractivity contribution is -0.137. The summed E-state index contributed by atoms with van der Waals surface area (Å²) in [5.41, 5.74) is 0.412. The molecule has 0 amide bonds. The Morgan fingerprint density at radius 1 is 1.12 bits per heavy atom. The first kappa shape index (κ1) is 20.0. The van der Waals surface area contributed by atoms with Crippen LogP contribution >= 0.6 is 0 Å². The van der Waals surface area contributed by atoms with E-state index in [1.165, 1.54) is 0 Å². The summed E-state index contributed by atoms with van der Waals surface area (Å²) < 4.78 is 54.0. The number of halogens is 3. The Morgan fingerprint density at radius 3 is 2.62 bits per heavy atom. The van der Waals surface area contributed by atoms with Gasteiger partial charge in [0.2, 0.25) is 11.8 Å². The fourth-order valence-corrected chi connectivity index (χ4v) is 4.52. The number of hydrogen-bond acceptors (Lipinski definition) is 8. The Morgan fingerprint density at radius 2 is 1.97 bits per heavy atom. The molecule has 1 saturated heterocycles. The predicted octanol–water partition coefficient (Wildman–Crippen LogP) is 2.83. The van der Waals surface area contributed by atoms with Crippen molar-refractivity contribution in [2.45, 2.75) is 56.0 Å². The van der Waals surface area contributed by atoms with Crippen molar-refractivity contribution in [3.8, 4) is 5.88 Å². The van der Waals surface area contributed by atoms with Gasteiger partial charge in [0.1, 0.15) is 29.2 Å². The van der Waals surface area contributed by atoms with Gasteiger partial charge in [-0.25, -0.2) is 9.67 Å². The molecule has 0 radical (unpaired) electrons. The molecule has 0 aromatic carbocycles. The zero-order valence-corrected chi connectivity index (χ0v) is 17.1. The molecular weight excluding hydrogens is 429 g/mol. The summed E-state index contributed by atoms with van der Waals surface area (Å²) >= 11 is 0. The van der Waals surface area contributed by atoms with Gasteiger partial charge in [-0.3, -0.25) is 0 Å². The van der Waals surface area contributed by atoms with Crippen molar-refractivity contribution in [2.24, 2.45) is 5.92 Å². The molecule has 4 atom stereocenters. The van der Waals surface area contributed by atoms with Crippen LogP contribution in [0.1, 0.15) is 48.9 Å². The van der Waals surface area contributed by atoms with Gasteiger partial charge < -0.3 is 25.2 Å². The molecule has 3 fully saturated rings. The molecule has 2 aromatic rings. The molecule has 2 saturated carbocycles. The molecule has 4 heterocycles.